The van der Waals surface area contributed by atoms with Crippen LogP contribution in [0.5, 0.6) is 0 Å². The van der Waals surface area contributed by atoms with Gasteiger partial charge in [0.1, 0.15) is 0 Å². The third kappa shape index (κ3) is 5.15. The standard InChI is InChI=1S/C29H38N2O/c1-7-30(8-2)27-15-13-23(21(5)17-27)19-25-11-12-26(29(25)32)20-24-14-16-28(18-22(24)6)31(9-3)10-4/h13-20H,7-12H2,1-6H3. The molecule has 0 heterocycles. The summed E-state index contributed by atoms with van der Waals surface area (Å²) in [5, 5.41) is 0. The van der Waals surface area contributed by atoms with Gasteiger partial charge in [-0.2, -0.15) is 0 Å². The molecule has 0 N–H and O–H groups in total. The second-order valence-corrected chi connectivity index (χ2v) is 8.59. The van der Waals surface area contributed by atoms with Gasteiger partial charge in [0.15, 0.2) is 5.78 Å². The van der Waals surface area contributed by atoms with E-state index in [0.717, 1.165) is 61.3 Å². The molecule has 3 rings (SSSR count). The Hall–Kier alpha value is -2.81. The van der Waals surface area contributed by atoms with Crippen LogP contribution in [-0.4, -0.2) is 32.0 Å². The van der Waals surface area contributed by atoms with Gasteiger partial charge < -0.3 is 9.80 Å². The van der Waals surface area contributed by atoms with Crippen molar-refractivity contribution in [2.75, 3.05) is 36.0 Å². The summed E-state index contributed by atoms with van der Waals surface area (Å²) in [5.74, 6) is 0.199. The first-order chi connectivity index (χ1) is 15.4. The highest BCUT2D eigenvalue weighted by Crippen LogP contribution is 2.32. The van der Waals surface area contributed by atoms with E-state index in [0.29, 0.717) is 0 Å². The van der Waals surface area contributed by atoms with E-state index in [2.05, 4.69) is 99.9 Å². The second kappa shape index (κ2) is 10.7. The maximum atomic E-state index is 13.1. The molecule has 1 fully saturated rings. The van der Waals surface area contributed by atoms with Crippen LogP contribution in [0.1, 0.15) is 62.8 Å². The van der Waals surface area contributed by atoms with Crippen molar-refractivity contribution in [2.24, 2.45) is 0 Å². The Balaban J connectivity index is 1.81. The van der Waals surface area contributed by atoms with Crippen LogP contribution in [0.4, 0.5) is 11.4 Å². The quantitative estimate of drug-likeness (QED) is 0.429. The van der Waals surface area contributed by atoms with E-state index >= 15 is 0 Å². The zero-order valence-corrected chi connectivity index (χ0v) is 20.7. The number of nitrogens with zero attached hydrogens (tertiary/aromatic N) is 2. The van der Waals surface area contributed by atoms with Gasteiger partial charge in [-0.05, 0) is 113 Å². The molecular weight excluding hydrogens is 392 g/mol. The number of Topliss-reactive ketones (excluding diaryl/α,β-unsaturated/α-hetero) is 1. The van der Waals surface area contributed by atoms with Gasteiger partial charge in [0.2, 0.25) is 0 Å². The fourth-order valence-corrected chi connectivity index (χ4v) is 4.57. The minimum atomic E-state index is 0.199. The van der Waals surface area contributed by atoms with E-state index in [1.807, 2.05) is 0 Å². The summed E-state index contributed by atoms with van der Waals surface area (Å²) >= 11 is 0. The number of carbonyl (C=O) groups excluding carboxylic acids is 1. The normalized spacial score (nSPS) is 16.2. The lowest BCUT2D eigenvalue weighted by Gasteiger charge is -2.22. The zero-order valence-electron chi connectivity index (χ0n) is 20.7. The van der Waals surface area contributed by atoms with Crippen LogP contribution in [0.15, 0.2) is 47.5 Å². The Morgan fingerprint density at radius 1 is 0.688 bits per heavy atom. The number of hydrogen-bond acceptors (Lipinski definition) is 3. The SMILES string of the molecule is CCN(CC)c1ccc(C=C2CCC(=Cc3ccc(N(CC)CC)cc3C)C2=O)c(C)c1. The average Bonchev–Trinajstić information content (AvgIpc) is 3.12. The first-order valence-electron chi connectivity index (χ1n) is 12.1. The molecule has 0 unspecified atom stereocenters. The van der Waals surface area contributed by atoms with E-state index in [9.17, 15) is 4.79 Å². The number of anilines is 2. The Bertz CT molecular complexity index is 942. The van der Waals surface area contributed by atoms with E-state index in [1.165, 1.54) is 22.5 Å². The molecular formula is C29H38N2O. The topological polar surface area (TPSA) is 23.6 Å². The number of hydrogen-bond donors (Lipinski definition) is 0. The zero-order chi connectivity index (χ0) is 23.3. The Kier molecular flexibility index (Phi) is 7.95. The van der Waals surface area contributed by atoms with Crippen molar-refractivity contribution in [1.82, 2.24) is 0 Å². The largest absolute Gasteiger partial charge is 0.372 e. The highest BCUT2D eigenvalue weighted by atomic mass is 16.1. The number of ketones is 1. The lowest BCUT2D eigenvalue weighted by Crippen LogP contribution is -2.21. The molecule has 2 aromatic rings. The molecule has 1 aliphatic rings. The maximum absolute atomic E-state index is 13.1. The van der Waals surface area contributed by atoms with Crippen LogP contribution in [0.25, 0.3) is 12.2 Å². The van der Waals surface area contributed by atoms with E-state index < -0.39 is 0 Å². The smallest absolute Gasteiger partial charge is 0.185 e. The predicted octanol–water partition coefficient (Wildman–Crippen LogP) is 6.83. The number of aryl methyl sites for hydroxylation is 2. The molecule has 0 amide bonds. The fraction of sp³-hybridized carbons (Fsp3) is 0.414. The number of benzene rings is 2. The van der Waals surface area contributed by atoms with Crippen molar-refractivity contribution in [3.63, 3.8) is 0 Å². The van der Waals surface area contributed by atoms with Gasteiger partial charge in [-0.3, -0.25) is 4.79 Å². The van der Waals surface area contributed by atoms with Gasteiger partial charge in [-0.25, -0.2) is 0 Å². The van der Waals surface area contributed by atoms with Crippen LogP contribution in [0.2, 0.25) is 0 Å². The van der Waals surface area contributed by atoms with Crippen molar-refractivity contribution in [1.29, 1.82) is 0 Å². The lowest BCUT2D eigenvalue weighted by atomic mass is 10.0. The third-order valence-corrected chi connectivity index (χ3v) is 6.67. The van der Waals surface area contributed by atoms with Crippen molar-refractivity contribution < 1.29 is 4.79 Å². The van der Waals surface area contributed by atoms with Crippen molar-refractivity contribution in [2.45, 2.75) is 54.4 Å². The van der Waals surface area contributed by atoms with Crippen molar-refractivity contribution in [3.8, 4) is 0 Å². The summed E-state index contributed by atoms with van der Waals surface area (Å²) < 4.78 is 0. The average molecular weight is 431 g/mol. The molecule has 0 radical (unpaired) electrons. The summed E-state index contributed by atoms with van der Waals surface area (Å²) in [4.78, 5) is 17.8. The van der Waals surface area contributed by atoms with Gasteiger partial charge in [0.25, 0.3) is 0 Å². The van der Waals surface area contributed by atoms with Crippen molar-refractivity contribution in [3.05, 3.63) is 69.8 Å². The Morgan fingerprint density at radius 3 is 1.38 bits per heavy atom. The summed E-state index contributed by atoms with van der Waals surface area (Å²) in [6, 6.07) is 13.1. The highest BCUT2D eigenvalue weighted by molar-refractivity contribution is 6.15. The van der Waals surface area contributed by atoms with Gasteiger partial charge in [-0.1, -0.05) is 12.1 Å². The molecule has 3 heteroatoms. The van der Waals surface area contributed by atoms with Crippen LogP contribution >= 0.6 is 0 Å². The van der Waals surface area contributed by atoms with Crippen LogP contribution in [0.3, 0.4) is 0 Å². The first-order valence-corrected chi connectivity index (χ1v) is 12.1. The minimum absolute atomic E-state index is 0.199. The summed E-state index contributed by atoms with van der Waals surface area (Å²) in [5.41, 5.74) is 9.06. The van der Waals surface area contributed by atoms with Gasteiger partial charge >= 0.3 is 0 Å². The molecule has 0 atom stereocenters. The molecule has 170 valence electrons. The van der Waals surface area contributed by atoms with E-state index in [1.54, 1.807) is 0 Å². The number of carbonyl (C=O) groups is 1. The maximum Gasteiger partial charge on any atom is 0.185 e. The van der Waals surface area contributed by atoms with Gasteiger partial charge in [0.05, 0.1) is 0 Å². The molecule has 0 spiro atoms. The van der Waals surface area contributed by atoms with Gasteiger partial charge in [0, 0.05) is 48.7 Å². The Labute approximate surface area is 194 Å². The highest BCUT2D eigenvalue weighted by Gasteiger charge is 2.23. The van der Waals surface area contributed by atoms with Crippen LogP contribution in [0, 0.1) is 13.8 Å². The molecule has 0 aromatic heterocycles. The first kappa shape index (κ1) is 23.8. The second-order valence-electron chi connectivity index (χ2n) is 8.59. The molecule has 0 aliphatic heterocycles. The van der Waals surface area contributed by atoms with Crippen LogP contribution < -0.4 is 9.80 Å². The predicted molar refractivity (Wildman–Crippen MR) is 140 cm³/mol. The monoisotopic (exact) mass is 430 g/mol. The van der Waals surface area contributed by atoms with Crippen molar-refractivity contribution >= 4 is 29.3 Å². The number of rotatable bonds is 8. The molecule has 0 bridgehead atoms. The fourth-order valence-electron chi connectivity index (χ4n) is 4.57. The lowest BCUT2D eigenvalue weighted by molar-refractivity contribution is -0.111. The molecule has 1 aliphatic carbocycles. The summed E-state index contributed by atoms with van der Waals surface area (Å²) in [6.07, 6.45) is 5.83. The Morgan fingerprint density at radius 2 is 1.06 bits per heavy atom. The van der Waals surface area contributed by atoms with E-state index in [-0.39, 0.29) is 5.78 Å². The molecule has 3 nitrogen and oxygen atoms in total. The summed E-state index contributed by atoms with van der Waals surface area (Å²) in [7, 11) is 0. The van der Waals surface area contributed by atoms with Gasteiger partial charge in [-0.15, -0.1) is 0 Å². The van der Waals surface area contributed by atoms with E-state index in [4.69, 9.17) is 0 Å². The minimum Gasteiger partial charge on any atom is -0.372 e. The summed E-state index contributed by atoms with van der Waals surface area (Å²) in [6.45, 7) is 17.0. The molecule has 2 aromatic carbocycles. The molecule has 1 saturated carbocycles. The molecule has 0 saturated heterocycles. The van der Waals surface area contributed by atoms with Crippen LogP contribution in [-0.2, 0) is 4.79 Å². The number of allylic oxidation sites excluding steroid dienone is 2. The third-order valence-electron chi connectivity index (χ3n) is 6.67. The molecule has 32 heavy (non-hydrogen) atoms.